The number of aliphatic imine (C=N–C) groups is 1. The quantitative estimate of drug-likeness (QED) is 0.0542. The molecule has 0 aromatic heterocycles. The molecule has 0 saturated heterocycles. The van der Waals surface area contributed by atoms with Gasteiger partial charge >= 0.3 is 6.09 Å². The monoisotopic (exact) mass is 679 g/mol. The number of hydrogen-bond acceptors (Lipinski definition) is 8. The van der Waals surface area contributed by atoms with E-state index in [0.29, 0.717) is 31.3 Å². The molecule has 0 radical (unpaired) electrons. The number of nitrogens with one attached hydrogen (secondary N) is 4. The molecule has 4 amide bonds. The highest BCUT2D eigenvalue weighted by atomic mass is 16.5. The zero-order valence-corrected chi connectivity index (χ0v) is 29.7. The summed E-state index contributed by atoms with van der Waals surface area (Å²) in [6, 6.07) is -3.40. The molecule has 8 N–H and O–H groups in total. The van der Waals surface area contributed by atoms with Crippen LogP contribution in [0, 0.1) is 11.8 Å². The normalized spacial score (nSPS) is 18.4. The standard InChI is InChI=1S/C34H61N7O7/c1-22(47-5)27(30(44)38-25(17-12-20-37-32(35)36)28(42)31(45)41-34(2,3)4)40-29(43)26(19-18-23-13-8-6-9-14-23)39-33(46)48-21-24-15-10-7-11-16-24/h22-27H,6-21H2,1-5H3,(H,38,44)(H,39,46)(H,40,43)(H,41,45)(H4,35,36,37)/t22-,25?,26?,27-/m0/s1. The van der Waals surface area contributed by atoms with Crippen molar-refractivity contribution < 1.29 is 33.4 Å². The van der Waals surface area contributed by atoms with Gasteiger partial charge in [0.1, 0.15) is 12.1 Å². The van der Waals surface area contributed by atoms with Gasteiger partial charge in [-0.3, -0.25) is 24.2 Å². The highest BCUT2D eigenvalue weighted by Crippen LogP contribution is 2.28. The third kappa shape index (κ3) is 15.7. The lowest BCUT2D eigenvalue weighted by Gasteiger charge is -2.29. The van der Waals surface area contributed by atoms with Crippen molar-refractivity contribution in [2.75, 3.05) is 20.3 Å². The average molecular weight is 680 g/mol. The fourth-order valence-corrected chi connectivity index (χ4v) is 6.26. The topological polar surface area (TPSA) is 216 Å². The number of nitrogens with two attached hydrogens (primary N) is 2. The van der Waals surface area contributed by atoms with Gasteiger partial charge in [-0.2, -0.15) is 0 Å². The van der Waals surface area contributed by atoms with E-state index in [0.717, 1.165) is 57.8 Å². The molecule has 2 fully saturated rings. The van der Waals surface area contributed by atoms with Crippen LogP contribution in [0.3, 0.4) is 0 Å². The van der Waals surface area contributed by atoms with Crippen molar-refractivity contribution >= 4 is 35.6 Å². The van der Waals surface area contributed by atoms with Gasteiger partial charge in [-0.05, 0) is 78.1 Å². The van der Waals surface area contributed by atoms with Gasteiger partial charge in [-0.15, -0.1) is 0 Å². The summed E-state index contributed by atoms with van der Waals surface area (Å²) in [5.74, 6) is -2.32. The molecule has 2 unspecified atom stereocenters. The van der Waals surface area contributed by atoms with E-state index in [1.807, 2.05) is 0 Å². The average Bonchev–Trinajstić information content (AvgIpc) is 3.05. The van der Waals surface area contributed by atoms with Gasteiger partial charge in [-0.1, -0.05) is 51.4 Å². The molecule has 274 valence electrons. The molecule has 2 saturated carbocycles. The molecule has 14 nitrogen and oxygen atoms in total. The number of hydrogen-bond donors (Lipinski definition) is 6. The van der Waals surface area contributed by atoms with Gasteiger partial charge in [-0.25, -0.2) is 4.79 Å². The predicted molar refractivity (Wildman–Crippen MR) is 184 cm³/mol. The summed E-state index contributed by atoms with van der Waals surface area (Å²) in [5.41, 5.74) is 10.1. The van der Waals surface area contributed by atoms with Gasteiger partial charge in [0.2, 0.25) is 17.6 Å². The van der Waals surface area contributed by atoms with Crippen molar-refractivity contribution in [3.63, 3.8) is 0 Å². The number of rotatable bonds is 18. The Morgan fingerprint density at radius 2 is 1.42 bits per heavy atom. The van der Waals surface area contributed by atoms with Crippen LogP contribution in [0.2, 0.25) is 0 Å². The van der Waals surface area contributed by atoms with Crippen LogP contribution in [0.1, 0.15) is 118 Å². The minimum atomic E-state index is -1.24. The number of amides is 4. The van der Waals surface area contributed by atoms with E-state index < -0.39 is 59.4 Å². The van der Waals surface area contributed by atoms with Gasteiger partial charge < -0.3 is 42.2 Å². The molecule has 0 heterocycles. The van der Waals surface area contributed by atoms with E-state index in [1.165, 1.54) is 20.0 Å². The first kappa shape index (κ1) is 40.8. The Balaban J connectivity index is 2.19. The van der Waals surface area contributed by atoms with Crippen molar-refractivity contribution in [3.8, 4) is 0 Å². The minimum absolute atomic E-state index is 0.0688. The van der Waals surface area contributed by atoms with Crippen LogP contribution in [-0.4, -0.2) is 85.6 Å². The summed E-state index contributed by atoms with van der Waals surface area (Å²) in [5, 5.41) is 10.8. The Kier molecular flexibility index (Phi) is 17.7. The maximum absolute atomic E-state index is 13.8. The van der Waals surface area contributed by atoms with Crippen molar-refractivity contribution in [2.45, 2.75) is 147 Å². The summed E-state index contributed by atoms with van der Waals surface area (Å²) in [7, 11) is 1.40. The lowest BCUT2D eigenvalue weighted by atomic mass is 9.85. The molecular weight excluding hydrogens is 618 g/mol. The molecule has 2 aliphatic rings. The largest absolute Gasteiger partial charge is 0.449 e. The van der Waals surface area contributed by atoms with Crippen LogP contribution in [-0.2, 0) is 28.7 Å². The molecule has 48 heavy (non-hydrogen) atoms. The van der Waals surface area contributed by atoms with E-state index in [2.05, 4.69) is 26.3 Å². The van der Waals surface area contributed by atoms with E-state index in [4.69, 9.17) is 20.9 Å². The molecule has 0 bridgehead atoms. The molecule has 0 aromatic carbocycles. The number of carbonyl (C=O) groups excluding carboxylic acids is 5. The van der Waals surface area contributed by atoms with Gasteiger partial charge in [0.25, 0.3) is 5.91 Å². The Morgan fingerprint density at radius 1 is 0.812 bits per heavy atom. The predicted octanol–water partition coefficient (Wildman–Crippen LogP) is 2.56. The number of methoxy groups -OCH3 is 1. The second-order valence-electron chi connectivity index (χ2n) is 14.4. The van der Waals surface area contributed by atoms with Crippen molar-refractivity contribution in [1.82, 2.24) is 21.3 Å². The maximum Gasteiger partial charge on any atom is 0.407 e. The van der Waals surface area contributed by atoms with E-state index in [-0.39, 0.29) is 18.9 Å². The SMILES string of the molecule is CO[C@@H](C)[C@H](NC(=O)C(CCC1CCCCC1)NC(=O)OCC1CCCCC1)C(=O)NC(CCCN=C(N)N)C(=O)C(=O)NC(C)(C)C. The van der Waals surface area contributed by atoms with E-state index >= 15 is 0 Å². The van der Waals surface area contributed by atoms with Crippen LogP contribution in [0.25, 0.3) is 0 Å². The maximum atomic E-state index is 13.8. The lowest BCUT2D eigenvalue weighted by molar-refractivity contribution is -0.142. The number of Topliss-reactive ketones (excluding diaryl/α,β-unsaturated/α-hetero) is 1. The summed E-state index contributed by atoms with van der Waals surface area (Å²) in [6.07, 6.45) is 11.1. The number of guanidine groups is 1. The van der Waals surface area contributed by atoms with E-state index in [1.54, 1.807) is 27.7 Å². The Morgan fingerprint density at radius 3 is 1.98 bits per heavy atom. The van der Waals surface area contributed by atoms with E-state index in [9.17, 15) is 24.0 Å². The first-order valence-electron chi connectivity index (χ1n) is 17.7. The third-order valence-corrected chi connectivity index (χ3v) is 9.08. The Bertz CT molecular complexity index is 1080. The molecule has 2 rings (SSSR count). The zero-order chi connectivity index (χ0) is 35.7. The van der Waals surface area contributed by atoms with Crippen molar-refractivity contribution in [2.24, 2.45) is 28.3 Å². The fourth-order valence-electron chi connectivity index (χ4n) is 6.26. The summed E-state index contributed by atoms with van der Waals surface area (Å²) in [4.78, 5) is 70.3. The van der Waals surface area contributed by atoms with Crippen LogP contribution in [0.4, 0.5) is 4.79 Å². The molecule has 0 spiro atoms. The fraction of sp³-hybridized carbons (Fsp3) is 0.824. The molecule has 14 heteroatoms. The summed E-state index contributed by atoms with van der Waals surface area (Å²) >= 11 is 0. The second-order valence-corrected chi connectivity index (χ2v) is 14.4. The van der Waals surface area contributed by atoms with Gasteiger partial charge in [0.15, 0.2) is 5.96 Å². The molecule has 4 atom stereocenters. The zero-order valence-electron chi connectivity index (χ0n) is 29.7. The van der Waals surface area contributed by atoms with Crippen molar-refractivity contribution in [1.29, 1.82) is 0 Å². The Labute approximate surface area is 286 Å². The number of nitrogens with zero attached hydrogens (tertiary/aromatic N) is 1. The summed E-state index contributed by atoms with van der Waals surface area (Å²) < 4.78 is 11.0. The highest BCUT2D eigenvalue weighted by molar-refractivity contribution is 6.38. The Hall–Kier alpha value is -3.42. The lowest BCUT2D eigenvalue weighted by Crippen LogP contribution is -2.60. The third-order valence-electron chi connectivity index (χ3n) is 9.08. The molecule has 2 aliphatic carbocycles. The molecule has 0 aromatic rings. The highest BCUT2D eigenvalue weighted by Gasteiger charge is 2.35. The molecular formula is C34H61N7O7. The second kappa shape index (κ2) is 20.8. The van der Waals surface area contributed by atoms with Gasteiger partial charge in [0.05, 0.1) is 18.8 Å². The number of ether oxygens (including phenoxy) is 2. The number of alkyl carbamates (subject to hydrolysis) is 1. The summed E-state index contributed by atoms with van der Waals surface area (Å²) in [6.45, 7) is 7.30. The van der Waals surface area contributed by atoms with Crippen LogP contribution < -0.4 is 32.7 Å². The van der Waals surface area contributed by atoms with Crippen LogP contribution in [0.15, 0.2) is 4.99 Å². The molecule has 0 aliphatic heterocycles. The van der Waals surface area contributed by atoms with Crippen LogP contribution >= 0.6 is 0 Å². The first-order chi connectivity index (χ1) is 22.7. The smallest absolute Gasteiger partial charge is 0.407 e. The first-order valence-corrected chi connectivity index (χ1v) is 17.7. The number of carbonyl (C=O) groups is 5. The van der Waals surface area contributed by atoms with Gasteiger partial charge in [0, 0.05) is 19.2 Å². The minimum Gasteiger partial charge on any atom is -0.449 e. The van der Waals surface area contributed by atoms with Crippen LogP contribution in [0.5, 0.6) is 0 Å². The number of ketones is 1. The van der Waals surface area contributed by atoms with Crippen molar-refractivity contribution in [3.05, 3.63) is 0 Å².